The SMILES string of the molecule is COC(=O)[C@@H](O)C1[C@@]2(C)C[C@]3(O)C4[C@@H](O[C@]56CC(=O)O[C@@H](c7ccoc7)[C@]5(C)CC[C@H]([C@]13C)[C@]46O)C2=O. The Morgan fingerprint density at radius 3 is 2.59 bits per heavy atom. The van der Waals surface area contributed by atoms with E-state index in [-0.39, 0.29) is 18.6 Å². The van der Waals surface area contributed by atoms with Gasteiger partial charge in [-0.3, -0.25) is 9.59 Å². The van der Waals surface area contributed by atoms with Gasteiger partial charge in [-0.05, 0) is 31.2 Å². The number of esters is 2. The third-order valence-corrected chi connectivity index (χ3v) is 11.9. The highest BCUT2D eigenvalue weighted by atomic mass is 16.6. The fraction of sp³-hybridized carbons (Fsp3) is 0.741. The van der Waals surface area contributed by atoms with E-state index in [4.69, 9.17) is 18.6 Å². The molecule has 0 amide bonds. The Kier molecular flexibility index (Phi) is 4.17. The van der Waals surface area contributed by atoms with Crippen molar-refractivity contribution >= 4 is 17.7 Å². The standard InChI is InChI=1S/C27H32O10/c1-22-11-25(32)18-16(19(22)30)37-26-9-14(28)36-20(12-6-8-35-10-12)23(26,2)7-5-13(27(18,26)33)24(25,3)17(22)15(29)21(31)34-4/h6,8,10,13,15-18,20,29,32-33H,5,7,9,11H2,1-4H3/t13-,15+,16-,17?,18?,20+,22-,23+,24-,25+,26-,27+/m1/s1. The fourth-order valence-corrected chi connectivity index (χ4v) is 10.7. The molecule has 0 radical (unpaired) electrons. The maximum atomic E-state index is 14.2. The van der Waals surface area contributed by atoms with Crippen LogP contribution in [0.5, 0.6) is 0 Å². The molecule has 10 nitrogen and oxygen atoms in total. The van der Waals surface area contributed by atoms with Crippen LogP contribution in [0.1, 0.15) is 58.1 Å². The molecule has 7 rings (SSSR count). The van der Waals surface area contributed by atoms with Crippen LogP contribution in [0.15, 0.2) is 23.0 Å². The molecule has 2 aliphatic heterocycles. The van der Waals surface area contributed by atoms with Crippen LogP contribution >= 0.6 is 0 Å². The number of Topliss-reactive ketones (excluding diaryl/α,β-unsaturated/α-hetero) is 1. The molecule has 3 heterocycles. The first-order valence-corrected chi connectivity index (χ1v) is 12.9. The fourth-order valence-electron chi connectivity index (χ4n) is 10.7. The van der Waals surface area contributed by atoms with Crippen molar-refractivity contribution in [2.24, 2.45) is 34.0 Å². The minimum atomic E-state index is -1.79. The summed E-state index contributed by atoms with van der Waals surface area (Å²) in [5, 5.41) is 36.8. The summed E-state index contributed by atoms with van der Waals surface area (Å²) in [7, 11) is 1.16. The molecule has 1 spiro atoms. The summed E-state index contributed by atoms with van der Waals surface area (Å²) < 4.78 is 22.7. The molecule has 2 saturated heterocycles. The summed E-state index contributed by atoms with van der Waals surface area (Å²) in [6, 6.07) is 1.71. The van der Waals surface area contributed by atoms with Gasteiger partial charge in [0.05, 0.1) is 37.6 Å². The molecule has 4 aliphatic carbocycles. The Morgan fingerprint density at radius 1 is 1.22 bits per heavy atom. The van der Waals surface area contributed by atoms with Crippen molar-refractivity contribution in [1.82, 2.24) is 0 Å². The number of ether oxygens (including phenoxy) is 3. The molecular formula is C27H32O10. The second-order valence-electron chi connectivity index (χ2n) is 12.9. The summed E-state index contributed by atoms with van der Waals surface area (Å²) in [6.07, 6.45) is -0.164. The number of hydrogen-bond donors (Lipinski definition) is 3. The third-order valence-electron chi connectivity index (χ3n) is 11.9. The van der Waals surface area contributed by atoms with Gasteiger partial charge in [0.25, 0.3) is 0 Å². The molecule has 12 atom stereocenters. The Hall–Kier alpha value is -2.27. The van der Waals surface area contributed by atoms with Gasteiger partial charge in [0, 0.05) is 27.7 Å². The number of furan rings is 1. The molecule has 1 aromatic heterocycles. The first-order chi connectivity index (χ1) is 17.3. The van der Waals surface area contributed by atoms with Crippen LogP contribution in [0.2, 0.25) is 0 Å². The quantitative estimate of drug-likeness (QED) is 0.497. The van der Waals surface area contributed by atoms with E-state index in [0.29, 0.717) is 18.4 Å². The number of aliphatic hydroxyl groups is 3. The van der Waals surface area contributed by atoms with E-state index in [2.05, 4.69) is 0 Å². The van der Waals surface area contributed by atoms with Gasteiger partial charge in [-0.15, -0.1) is 0 Å². The van der Waals surface area contributed by atoms with E-state index in [9.17, 15) is 29.7 Å². The molecule has 1 aromatic rings. The molecule has 10 heteroatoms. The average molecular weight is 517 g/mol. The molecular weight excluding hydrogens is 484 g/mol. The van der Waals surface area contributed by atoms with Crippen LogP contribution in [0, 0.1) is 34.0 Å². The van der Waals surface area contributed by atoms with Crippen molar-refractivity contribution in [2.75, 3.05) is 7.11 Å². The number of carbonyl (C=O) groups excluding carboxylic acids is 3. The highest BCUT2D eigenvalue weighted by molar-refractivity contribution is 5.94. The average Bonchev–Trinajstić information content (AvgIpc) is 3.52. The van der Waals surface area contributed by atoms with Crippen LogP contribution in [-0.2, 0) is 28.6 Å². The molecule has 37 heavy (non-hydrogen) atoms. The predicted octanol–water partition coefficient (Wildman–Crippen LogP) is 1.06. The number of methoxy groups -OCH3 is 1. The van der Waals surface area contributed by atoms with Crippen LogP contribution in [0.3, 0.4) is 0 Å². The lowest BCUT2D eigenvalue weighted by Crippen LogP contribution is -2.72. The van der Waals surface area contributed by atoms with Gasteiger partial charge in [-0.25, -0.2) is 4.79 Å². The number of carbonyl (C=O) groups is 3. The van der Waals surface area contributed by atoms with Gasteiger partial charge in [0.15, 0.2) is 11.9 Å². The second-order valence-corrected chi connectivity index (χ2v) is 12.9. The lowest BCUT2D eigenvalue weighted by atomic mass is 9.45. The Morgan fingerprint density at radius 2 is 1.95 bits per heavy atom. The highest BCUT2D eigenvalue weighted by Crippen LogP contribution is 2.85. The number of rotatable bonds is 3. The molecule has 200 valence electrons. The zero-order chi connectivity index (χ0) is 26.6. The van der Waals surface area contributed by atoms with Crippen molar-refractivity contribution in [2.45, 2.75) is 81.6 Å². The van der Waals surface area contributed by atoms with Gasteiger partial charge in [0.2, 0.25) is 0 Å². The highest BCUT2D eigenvalue weighted by Gasteiger charge is 2.95. The lowest BCUT2D eigenvalue weighted by molar-refractivity contribution is -0.295. The number of cyclic esters (lactones) is 1. The Labute approximate surface area is 213 Å². The molecule has 3 N–H and O–H groups in total. The number of ketones is 1. The summed E-state index contributed by atoms with van der Waals surface area (Å²) in [4.78, 5) is 40.1. The zero-order valence-corrected chi connectivity index (χ0v) is 21.2. The third kappa shape index (κ3) is 2.08. The largest absolute Gasteiger partial charge is 0.472 e. The van der Waals surface area contributed by atoms with Gasteiger partial charge in [-0.2, -0.15) is 0 Å². The summed E-state index contributed by atoms with van der Waals surface area (Å²) in [6.45, 7) is 5.34. The normalized spacial score (nSPS) is 55.6. The molecule has 4 saturated carbocycles. The Bertz CT molecular complexity index is 1240. The van der Waals surface area contributed by atoms with E-state index in [0.717, 1.165) is 7.11 Å². The summed E-state index contributed by atoms with van der Waals surface area (Å²) in [5.41, 5.74) is -7.81. The molecule has 6 aliphatic rings. The van der Waals surface area contributed by atoms with Crippen LogP contribution in [0.25, 0.3) is 0 Å². The second kappa shape index (κ2) is 6.47. The van der Waals surface area contributed by atoms with Gasteiger partial charge >= 0.3 is 11.9 Å². The predicted molar refractivity (Wildman–Crippen MR) is 121 cm³/mol. The maximum absolute atomic E-state index is 14.2. The van der Waals surface area contributed by atoms with Crippen molar-refractivity contribution in [3.8, 4) is 0 Å². The van der Waals surface area contributed by atoms with Crippen LogP contribution in [0.4, 0.5) is 0 Å². The topological polar surface area (TPSA) is 153 Å². The Balaban J connectivity index is 1.49. The van der Waals surface area contributed by atoms with Crippen molar-refractivity contribution in [3.05, 3.63) is 24.2 Å². The lowest BCUT2D eigenvalue weighted by Gasteiger charge is -2.63. The van der Waals surface area contributed by atoms with Gasteiger partial charge in [-0.1, -0.05) is 20.8 Å². The number of fused-ring (bicyclic) bond motifs is 2. The van der Waals surface area contributed by atoms with E-state index >= 15 is 0 Å². The molecule has 2 unspecified atom stereocenters. The maximum Gasteiger partial charge on any atom is 0.335 e. The summed E-state index contributed by atoms with van der Waals surface area (Å²) in [5.74, 6) is -4.55. The summed E-state index contributed by atoms with van der Waals surface area (Å²) >= 11 is 0. The minimum absolute atomic E-state index is 0.0280. The zero-order valence-electron chi connectivity index (χ0n) is 21.2. The smallest absolute Gasteiger partial charge is 0.335 e. The van der Waals surface area contributed by atoms with Gasteiger partial charge < -0.3 is 33.9 Å². The van der Waals surface area contributed by atoms with E-state index < -0.39 is 81.1 Å². The molecule has 0 aromatic carbocycles. The van der Waals surface area contributed by atoms with E-state index in [1.54, 1.807) is 19.9 Å². The number of hydrogen-bond acceptors (Lipinski definition) is 10. The molecule has 2 bridgehead atoms. The van der Waals surface area contributed by atoms with E-state index in [1.807, 2.05) is 6.92 Å². The van der Waals surface area contributed by atoms with Crippen molar-refractivity contribution in [1.29, 1.82) is 0 Å². The van der Waals surface area contributed by atoms with Crippen LogP contribution in [-0.4, -0.2) is 69.2 Å². The van der Waals surface area contributed by atoms with Crippen molar-refractivity contribution < 1.29 is 48.3 Å². The minimum Gasteiger partial charge on any atom is -0.472 e. The van der Waals surface area contributed by atoms with Crippen LogP contribution < -0.4 is 0 Å². The first-order valence-electron chi connectivity index (χ1n) is 12.9. The first kappa shape index (κ1) is 23.8. The van der Waals surface area contributed by atoms with Gasteiger partial charge in [0.1, 0.15) is 23.4 Å². The monoisotopic (exact) mass is 516 g/mol. The number of aliphatic hydroxyl groups excluding tert-OH is 1. The molecule has 6 fully saturated rings. The van der Waals surface area contributed by atoms with Crippen molar-refractivity contribution in [3.63, 3.8) is 0 Å². The van der Waals surface area contributed by atoms with E-state index in [1.165, 1.54) is 12.5 Å².